The highest BCUT2D eigenvalue weighted by Crippen LogP contribution is 2.24. The van der Waals surface area contributed by atoms with Crippen LogP contribution in [0, 0.1) is 0 Å². The summed E-state index contributed by atoms with van der Waals surface area (Å²) < 4.78 is 66.9. The zero-order valence-corrected chi connectivity index (χ0v) is 18.1. The van der Waals surface area contributed by atoms with Crippen molar-refractivity contribution in [2.24, 2.45) is 0 Å². The first-order chi connectivity index (χ1) is 14.6. The number of hydrogen-bond donors (Lipinski definition) is 2. The van der Waals surface area contributed by atoms with Gasteiger partial charge in [-0.15, -0.1) is 24.5 Å². The molecule has 1 aromatic heterocycles. The van der Waals surface area contributed by atoms with Crippen LogP contribution in [0.5, 0.6) is 5.75 Å². The van der Waals surface area contributed by atoms with Gasteiger partial charge in [0.25, 0.3) is 0 Å². The minimum atomic E-state index is -4.85. The number of amides is 1. The van der Waals surface area contributed by atoms with Crippen LogP contribution in [0.1, 0.15) is 16.9 Å². The first-order valence-corrected chi connectivity index (χ1v) is 11.9. The van der Waals surface area contributed by atoms with Crippen molar-refractivity contribution < 1.29 is 31.1 Å². The van der Waals surface area contributed by atoms with Gasteiger partial charge in [-0.05, 0) is 47.7 Å². The highest BCUT2D eigenvalue weighted by molar-refractivity contribution is 7.89. The zero-order valence-electron chi connectivity index (χ0n) is 16.4. The molecule has 7 nitrogen and oxygen atoms in total. The number of ether oxygens (including phenoxy) is 1. The van der Waals surface area contributed by atoms with Crippen LogP contribution in [-0.4, -0.2) is 51.8 Å². The van der Waals surface area contributed by atoms with E-state index in [1.165, 1.54) is 10.4 Å². The lowest BCUT2D eigenvalue weighted by atomic mass is 10.1. The molecule has 31 heavy (non-hydrogen) atoms. The van der Waals surface area contributed by atoms with Gasteiger partial charge < -0.3 is 10.1 Å². The summed E-state index contributed by atoms with van der Waals surface area (Å²) in [4.78, 5) is 15.4. The molecule has 2 heterocycles. The van der Waals surface area contributed by atoms with E-state index in [9.17, 15) is 26.4 Å². The van der Waals surface area contributed by atoms with E-state index in [0.29, 0.717) is 13.1 Å². The largest absolute Gasteiger partial charge is 0.573 e. The van der Waals surface area contributed by atoms with Gasteiger partial charge in [0.2, 0.25) is 15.9 Å². The van der Waals surface area contributed by atoms with Crippen molar-refractivity contribution in [1.29, 1.82) is 0 Å². The fourth-order valence-electron chi connectivity index (χ4n) is 3.14. The standard InChI is InChI=1S/C19H22F3N3O4S2/c20-19(21,22)29-15-1-3-16(4-2-15)31(27,28)24-8-5-18(26)23-9-11-25-10-6-17-14(13-25)7-12-30-17/h1-4,7,12,24H,5-6,8-11,13H2,(H,23,26). The second-order valence-corrected chi connectivity index (χ2v) is 9.68. The Morgan fingerprint density at radius 3 is 2.61 bits per heavy atom. The predicted octanol–water partition coefficient (Wildman–Crippen LogP) is 2.49. The van der Waals surface area contributed by atoms with Gasteiger partial charge in [0, 0.05) is 44.0 Å². The highest BCUT2D eigenvalue weighted by atomic mass is 32.2. The molecule has 0 bridgehead atoms. The molecule has 2 aromatic rings. The Hall–Kier alpha value is -2.15. The molecule has 0 unspecified atom stereocenters. The number of sulfonamides is 1. The highest BCUT2D eigenvalue weighted by Gasteiger charge is 2.31. The maximum absolute atomic E-state index is 12.2. The number of nitrogens with zero attached hydrogens (tertiary/aromatic N) is 1. The molecule has 0 saturated carbocycles. The van der Waals surface area contributed by atoms with Gasteiger partial charge >= 0.3 is 6.36 Å². The third-order valence-corrected chi connectivity index (χ3v) is 7.15. The van der Waals surface area contributed by atoms with Crippen molar-refractivity contribution in [3.63, 3.8) is 0 Å². The Kier molecular flexibility index (Phi) is 7.57. The van der Waals surface area contributed by atoms with E-state index in [1.807, 2.05) is 0 Å². The molecule has 0 spiro atoms. The summed E-state index contributed by atoms with van der Waals surface area (Å²) >= 11 is 1.76. The summed E-state index contributed by atoms with van der Waals surface area (Å²) in [5.41, 5.74) is 1.33. The summed E-state index contributed by atoms with van der Waals surface area (Å²) in [5, 5.41) is 4.85. The second kappa shape index (κ2) is 9.98. The maximum atomic E-state index is 12.2. The molecule has 1 aliphatic rings. The fourth-order valence-corrected chi connectivity index (χ4v) is 5.06. The molecule has 1 amide bonds. The Labute approximate surface area is 182 Å². The van der Waals surface area contributed by atoms with E-state index in [0.717, 1.165) is 43.8 Å². The minimum Gasteiger partial charge on any atom is -0.406 e. The number of benzene rings is 1. The number of carbonyl (C=O) groups is 1. The molecule has 0 aliphatic carbocycles. The first-order valence-electron chi connectivity index (χ1n) is 9.52. The van der Waals surface area contributed by atoms with Crippen LogP contribution in [0.25, 0.3) is 0 Å². The van der Waals surface area contributed by atoms with Gasteiger partial charge in [-0.1, -0.05) is 0 Å². The van der Waals surface area contributed by atoms with Gasteiger partial charge in [-0.25, -0.2) is 13.1 Å². The lowest BCUT2D eigenvalue weighted by Gasteiger charge is -2.26. The molecule has 0 saturated heterocycles. The summed E-state index contributed by atoms with van der Waals surface area (Å²) in [7, 11) is -3.95. The number of thiophene rings is 1. The minimum absolute atomic E-state index is 0.0524. The molecule has 12 heteroatoms. The summed E-state index contributed by atoms with van der Waals surface area (Å²) in [6.07, 6.45) is -3.90. The summed E-state index contributed by atoms with van der Waals surface area (Å²) in [6.45, 7) is 2.85. The first kappa shape index (κ1) is 23.5. The quantitative estimate of drug-likeness (QED) is 0.580. The van der Waals surface area contributed by atoms with Gasteiger partial charge in [-0.2, -0.15) is 0 Å². The van der Waals surface area contributed by atoms with E-state index in [-0.39, 0.29) is 23.8 Å². The smallest absolute Gasteiger partial charge is 0.406 e. The average Bonchev–Trinajstić information content (AvgIpc) is 3.15. The molecule has 0 radical (unpaired) electrons. The third-order valence-electron chi connectivity index (χ3n) is 4.65. The molecule has 1 aliphatic heterocycles. The van der Waals surface area contributed by atoms with E-state index in [1.54, 1.807) is 11.3 Å². The van der Waals surface area contributed by atoms with Crippen molar-refractivity contribution >= 4 is 27.3 Å². The Morgan fingerprint density at radius 2 is 1.90 bits per heavy atom. The van der Waals surface area contributed by atoms with Gasteiger partial charge in [0.15, 0.2) is 0 Å². The van der Waals surface area contributed by atoms with Crippen LogP contribution in [-0.2, 0) is 27.8 Å². The normalized spacial score (nSPS) is 14.8. The van der Waals surface area contributed by atoms with Crippen LogP contribution in [0.3, 0.4) is 0 Å². The molecule has 2 N–H and O–H groups in total. The Balaban J connectivity index is 1.36. The van der Waals surface area contributed by atoms with Crippen LogP contribution < -0.4 is 14.8 Å². The van der Waals surface area contributed by atoms with Gasteiger partial charge in [0.1, 0.15) is 5.75 Å². The van der Waals surface area contributed by atoms with Crippen LogP contribution >= 0.6 is 11.3 Å². The van der Waals surface area contributed by atoms with E-state index in [2.05, 4.69) is 31.1 Å². The van der Waals surface area contributed by atoms with Crippen LogP contribution in [0.15, 0.2) is 40.6 Å². The molecular formula is C19H22F3N3O4S2. The van der Waals surface area contributed by atoms with Crippen molar-refractivity contribution in [2.45, 2.75) is 30.6 Å². The Bertz CT molecular complexity index is 992. The summed E-state index contributed by atoms with van der Waals surface area (Å²) in [5.74, 6) is -0.806. The molecule has 3 rings (SSSR count). The number of nitrogens with one attached hydrogen (secondary N) is 2. The van der Waals surface area contributed by atoms with E-state index < -0.39 is 22.1 Å². The maximum Gasteiger partial charge on any atom is 0.573 e. The second-order valence-electron chi connectivity index (χ2n) is 6.91. The van der Waals surface area contributed by atoms with Crippen molar-refractivity contribution in [3.05, 3.63) is 46.2 Å². The van der Waals surface area contributed by atoms with Crippen LogP contribution in [0.2, 0.25) is 0 Å². The zero-order chi connectivity index (χ0) is 22.5. The third kappa shape index (κ3) is 7.20. The molecular weight excluding hydrogens is 455 g/mol. The number of fused-ring (bicyclic) bond motifs is 1. The molecule has 0 atom stereocenters. The number of alkyl halides is 3. The molecule has 1 aromatic carbocycles. The van der Waals surface area contributed by atoms with Gasteiger partial charge in [0.05, 0.1) is 4.90 Å². The summed E-state index contributed by atoms with van der Waals surface area (Å²) in [6, 6.07) is 5.94. The monoisotopic (exact) mass is 477 g/mol. The molecule has 170 valence electrons. The number of rotatable bonds is 9. The van der Waals surface area contributed by atoms with Crippen LogP contribution in [0.4, 0.5) is 13.2 Å². The van der Waals surface area contributed by atoms with Crippen molar-refractivity contribution in [2.75, 3.05) is 26.2 Å². The lowest BCUT2D eigenvalue weighted by molar-refractivity contribution is -0.274. The molecule has 0 fully saturated rings. The number of carbonyl (C=O) groups excluding carboxylic acids is 1. The van der Waals surface area contributed by atoms with Crippen molar-refractivity contribution in [1.82, 2.24) is 14.9 Å². The fraction of sp³-hybridized carbons (Fsp3) is 0.421. The van der Waals surface area contributed by atoms with E-state index in [4.69, 9.17) is 0 Å². The van der Waals surface area contributed by atoms with Crippen molar-refractivity contribution in [3.8, 4) is 5.75 Å². The Morgan fingerprint density at radius 1 is 1.16 bits per heavy atom. The van der Waals surface area contributed by atoms with E-state index >= 15 is 0 Å². The average molecular weight is 478 g/mol. The topological polar surface area (TPSA) is 87.7 Å². The lowest BCUT2D eigenvalue weighted by Crippen LogP contribution is -2.38. The number of halogens is 3. The SMILES string of the molecule is O=C(CCNS(=O)(=O)c1ccc(OC(F)(F)F)cc1)NCCN1CCc2sccc2C1. The predicted molar refractivity (Wildman–Crippen MR) is 109 cm³/mol. The van der Waals surface area contributed by atoms with Gasteiger partial charge in [-0.3, -0.25) is 9.69 Å². The number of hydrogen-bond acceptors (Lipinski definition) is 6.